The second kappa shape index (κ2) is 5.24. The number of hydrogen-bond donors (Lipinski definition) is 0. The van der Waals surface area contributed by atoms with Gasteiger partial charge in [-0.3, -0.25) is 0 Å². The van der Waals surface area contributed by atoms with Gasteiger partial charge in [0.25, 0.3) is 0 Å². The fraction of sp³-hybridized carbons (Fsp3) is 0. The molecule has 0 heterocycles. The van der Waals surface area contributed by atoms with Crippen LogP contribution in [0, 0.1) is 17.0 Å². The molecule has 0 amide bonds. The van der Waals surface area contributed by atoms with Crippen LogP contribution >= 0.6 is 0 Å². The Morgan fingerprint density at radius 1 is 1.07 bits per heavy atom. The van der Waals surface area contributed by atoms with E-state index >= 15 is 0 Å². The first-order valence-electron chi connectivity index (χ1n) is 3.41. The molecule has 1 aromatic rings. The summed E-state index contributed by atoms with van der Waals surface area (Å²) in [5.74, 6) is -1.38. The molecule has 0 aliphatic rings. The lowest BCUT2D eigenvalue weighted by Crippen LogP contribution is -2.02. The summed E-state index contributed by atoms with van der Waals surface area (Å²) < 4.78 is 63.5. The molecule has 0 saturated carbocycles. The Labute approximate surface area is 80.2 Å². The molecule has 0 aliphatic heterocycles. The topological polar surface area (TPSA) is 28.1 Å². The summed E-state index contributed by atoms with van der Waals surface area (Å²) in [7, 11) is -6.00. The average molecular weight is 228 g/mol. The Balaban J connectivity index is 0.000000336. The van der Waals surface area contributed by atoms with Gasteiger partial charge >= 0.3 is 12.9 Å². The Morgan fingerprint density at radius 3 is 1.87 bits per heavy atom. The minimum atomic E-state index is -6.00. The Morgan fingerprint density at radius 2 is 1.53 bits per heavy atom. The van der Waals surface area contributed by atoms with E-state index in [1.807, 2.05) is 0 Å². The molecule has 0 aliphatic carbocycles. The van der Waals surface area contributed by atoms with Gasteiger partial charge in [-0.25, -0.2) is 4.39 Å². The number of nitrogens with zero attached hydrogens (tertiary/aromatic N) is 2. The highest BCUT2D eigenvalue weighted by molar-refractivity contribution is 6.50. The van der Waals surface area contributed by atoms with Crippen molar-refractivity contribution >= 4 is 12.9 Å². The lowest BCUT2D eigenvalue weighted by Gasteiger charge is -1.94. The quantitative estimate of drug-likeness (QED) is 0.377. The Kier molecular flexibility index (Phi) is 4.64. The summed E-state index contributed by atoms with van der Waals surface area (Å²) in [6.45, 7) is 0. The number of rotatable bonds is 0. The second-order valence-corrected chi connectivity index (χ2v) is 2.19. The maximum atomic E-state index is 12.3. The van der Waals surface area contributed by atoms with Crippen molar-refractivity contribution in [1.29, 1.82) is 5.39 Å². The fourth-order valence-corrected chi connectivity index (χ4v) is 0.562. The summed E-state index contributed by atoms with van der Waals surface area (Å²) >= 11 is 0. The van der Waals surface area contributed by atoms with E-state index in [-0.39, 0.29) is 5.69 Å². The van der Waals surface area contributed by atoms with Gasteiger partial charge in [-0.15, -0.1) is 0 Å². The number of benzene rings is 1. The third kappa shape index (κ3) is 7.36. The van der Waals surface area contributed by atoms with E-state index in [1.165, 1.54) is 0 Å². The van der Waals surface area contributed by atoms with Gasteiger partial charge in [-0.2, -0.15) is 4.39 Å². The number of hydrogen-bond acceptors (Lipinski definition) is 1. The highest BCUT2D eigenvalue weighted by Crippen LogP contribution is 2.17. The van der Waals surface area contributed by atoms with E-state index in [0.717, 1.165) is 18.2 Å². The predicted molar refractivity (Wildman–Crippen MR) is 41.3 cm³/mol. The first-order chi connectivity index (χ1) is 6.74. The zero-order valence-electron chi connectivity index (χ0n) is 6.97. The van der Waals surface area contributed by atoms with Crippen LogP contribution in [0.5, 0.6) is 0 Å². The molecule has 0 N–H and O–H groups in total. The van der Waals surface area contributed by atoms with E-state index in [2.05, 4.69) is 4.98 Å². The Bertz CT molecular complexity index is 365. The Hall–Kier alpha value is -1.72. The van der Waals surface area contributed by atoms with E-state index in [9.17, 15) is 26.0 Å². The van der Waals surface area contributed by atoms with E-state index < -0.39 is 18.9 Å². The molecule has 1 rings (SSSR count). The van der Waals surface area contributed by atoms with Crippen molar-refractivity contribution in [3.8, 4) is 0 Å². The third-order valence-corrected chi connectivity index (χ3v) is 1.02. The minimum Gasteiger partial charge on any atom is -0.418 e. The van der Waals surface area contributed by atoms with Crippen LogP contribution in [-0.4, -0.2) is 7.25 Å². The molecule has 0 bridgehead atoms. The molecule has 0 saturated heterocycles. The van der Waals surface area contributed by atoms with Gasteiger partial charge in [0.15, 0.2) is 4.98 Å². The fourth-order valence-electron chi connectivity index (χ4n) is 0.562. The van der Waals surface area contributed by atoms with Crippen molar-refractivity contribution in [2.24, 2.45) is 0 Å². The third-order valence-electron chi connectivity index (χ3n) is 1.02. The van der Waals surface area contributed by atoms with Crippen LogP contribution in [0.15, 0.2) is 18.2 Å². The first kappa shape index (κ1) is 13.3. The molecule has 2 nitrogen and oxygen atoms in total. The maximum Gasteiger partial charge on any atom is 0.673 e. The molecule has 0 unspecified atom stereocenters. The molecular formula is C6H3BF6N2. The smallest absolute Gasteiger partial charge is 0.418 e. The van der Waals surface area contributed by atoms with Crippen molar-refractivity contribution in [2.75, 3.05) is 0 Å². The average Bonchev–Trinajstić information content (AvgIpc) is 2.06. The van der Waals surface area contributed by atoms with Crippen molar-refractivity contribution in [1.82, 2.24) is 0 Å². The summed E-state index contributed by atoms with van der Waals surface area (Å²) in [5, 5.41) is 8.06. The van der Waals surface area contributed by atoms with E-state index in [1.54, 1.807) is 0 Å². The molecule has 9 heteroatoms. The van der Waals surface area contributed by atoms with Crippen molar-refractivity contribution in [3.05, 3.63) is 34.8 Å². The molecule has 0 radical (unpaired) electrons. The summed E-state index contributed by atoms with van der Waals surface area (Å²) in [6.07, 6.45) is 0. The van der Waals surface area contributed by atoms with Gasteiger partial charge in [0, 0.05) is 0 Å². The molecule has 82 valence electrons. The number of halogens is 6. The molecule has 15 heavy (non-hydrogen) atoms. The van der Waals surface area contributed by atoms with Crippen LogP contribution < -0.4 is 0 Å². The lowest BCUT2D eigenvalue weighted by molar-refractivity contribution is 0.368. The van der Waals surface area contributed by atoms with Gasteiger partial charge in [-0.05, 0) is 12.1 Å². The predicted octanol–water partition coefficient (Wildman–Crippen LogP) is 3.75. The lowest BCUT2D eigenvalue weighted by atomic mass is 10.3. The normalized spacial score (nSPS) is 9.93. The molecule has 0 fully saturated rings. The largest absolute Gasteiger partial charge is 0.673 e. The highest BCUT2D eigenvalue weighted by atomic mass is 19.5. The monoisotopic (exact) mass is 228 g/mol. The minimum absolute atomic E-state index is 0.389. The van der Waals surface area contributed by atoms with Crippen LogP contribution in [0.25, 0.3) is 4.98 Å². The maximum absolute atomic E-state index is 12.3. The number of diazo groups is 1. The molecule has 0 atom stereocenters. The highest BCUT2D eigenvalue weighted by Gasteiger charge is 2.20. The zero-order valence-corrected chi connectivity index (χ0v) is 6.97. The second-order valence-electron chi connectivity index (χ2n) is 2.19. The summed E-state index contributed by atoms with van der Waals surface area (Å²) in [4.78, 5) is 2.52. The van der Waals surface area contributed by atoms with Gasteiger partial charge in [0.05, 0.1) is 6.07 Å². The summed E-state index contributed by atoms with van der Waals surface area (Å²) in [5.41, 5.74) is -0.389. The van der Waals surface area contributed by atoms with Crippen LogP contribution in [0.4, 0.5) is 31.7 Å². The van der Waals surface area contributed by atoms with Gasteiger partial charge in [0.2, 0.25) is 11.2 Å². The zero-order chi connectivity index (χ0) is 12.1. The van der Waals surface area contributed by atoms with Gasteiger partial charge < -0.3 is 17.3 Å². The van der Waals surface area contributed by atoms with Gasteiger partial charge in [0.1, 0.15) is 5.82 Å². The van der Waals surface area contributed by atoms with Crippen molar-refractivity contribution in [2.45, 2.75) is 0 Å². The van der Waals surface area contributed by atoms with E-state index in [4.69, 9.17) is 5.39 Å². The van der Waals surface area contributed by atoms with Crippen molar-refractivity contribution < 1.29 is 26.0 Å². The van der Waals surface area contributed by atoms with Crippen LogP contribution in [-0.2, 0) is 0 Å². The molecule has 0 aromatic heterocycles. The molecule has 0 spiro atoms. The van der Waals surface area contributed by atoms with Crippen LogP contribution in [0.3, 0.4) is 0 Å². The van der Waals surface area contributed by atoms with E-state index in [0.29, 0.717) is 0 Å². The van der Waals surface area contributed by atoms with Crippen molar-refractivity contribution in [3.63, 3.8) is 0 Å². The molecular weight excluding hydrogens is 225 g/mol. The first-order valence-corrected chi connectivity index (χ1v) is 3.41. The van der Waals surface area contributed by atoms with Crippen LogP contribution in [0.1, 0.15) is 0 Å². The van der Waals surface area contributed by atoms with Gasteiger partial charge in [-0.1, -0.05) is 0 Å². The SMILES string of the molecule is F[B-](F)(F)F.N#[N+]c1cc(F)ccc1F. The summed E-state index contributed by atoms with van der Waals surface area (Å²) in [6, 6.07) is 2.64. The molecule has 1 aromatic carbocycles. The van der Waals surface area contributed by atoms with Crippen LogP contribution in [0.2, 0.25) is 0 Å². The standard InChI is InChI=1S/C6H3F2N2.BF4/c7-4-1-2-5(8)6(3-4)10-9;2-1(3,4)5/h1-3H;/q+1;-1.